The number of nitrogens with one attached hydrogen (secondary N) is 1. The Balaban J connectivity index is 0.000000385. The molecule has 1 rings (SSSR count). The summed E-state index contributed by atoms with van der Waals surface area (Å²) in [7, 11) is 1.35. The molecule has 5 nitrogen and oxygen atoms in total. The molecule has 0 radical (unpaired) electrons. The van der Waals surface area contributed by atoms with Crippen molar-refractivity contribution in [1.82, 2.24) is 5.32 Å². The third-order valence-electron chi connectivity index (χ3n) is 1.39. The van der Waals surface area contributed by atoms with E-state index < -0.39 is 6.09 Å². The zero-order valence-electron chi connectivity index (χ0n) is 8.81. The summed E-state index contributed by atoms with van der Waals surface area (Å²) in [5.74, 6) is 0.725. The average Bonchev–Trinajstić information content (AvgIpc) is 2.29. The summed E-state index contributed by atoms with van der Waals surface area (Å²) < 4.78 is 5.10. The number of halogens is 1. The fourth-order valence-corrected chi connectivity index (χ4v) is 0.820. The van der Waals surface area contributed by atoms with E-state index in [1.165, 1.54) is 7.05 Å². The second-order valence-corrected chi connectivity index (χ2v) is 3.02. The first-order valence-corrected chi connectivity index (χ1v) is 4.88. The van der Waals surface area contributed by atoms with Gasteiger partial charge in [-0.25, -0.2) is 4.79 Å². The Morgan fingerprint density at radius 3 is 2.31 bits per heavy atom. The van der Waals surface area contributed by atoms with Crippen LogP contribution in [0.25, 0.3) is 0 Å². The predicted molar refractivity (Wildman–Crippen MR) is 61.1 cm³/mol. The van der Waals surface area contributed by atoms with Gasteiger partial charge in [-0.05, 0) is 24.3 Å². The highest BCUT2D eigenvalue weighted by Crippen LogP contribution is 2.14. The van der Waals surface area contributed by atoms with Crippen LogP contribution in [0.3, 0.4) is 0 Å². The Morgan fingerprint density at radius 1 is 1.44 bits per heavy atom. The summed E-state index contributed by atoms with van der Waals surface area (Å²) >= 11 is 5.64. The lowest BCUT2D eigenvalue weighted by Gasteiger charge is -2.02. The second kappa shape index (κ2) is 8.82. The largest absolute Gasteiger partial charge is 0.491 e. The van der Waals surface area contributed by atoms with Gasteiger partial charge in [0.2, 0.25) is 0 Å². The molecular formula is C10H14ClNO4. The molecule has 0 saturated carbocycles. The molecule has 0 aliphatic carbocycles. The van der Waals surface area contributed by atoms with E-state index in [2.05, 4.69) is 0 Å². The summed E-state index contributed by atoms with van der Waals surface area (Å²) in [4.78, 5) is 9.26. The van der Waals surface area contributed by atoms with Crippen molar-refractivity contribution in [3.63, 3.8) is 0 Å². The van der Waals surface area contributed by atoms with Gasteiger partial charge in [0.15, 0.2) is 0 Å². The Labute approximate surface area is 98.6 Å². The van der Waals surface area contributed by atoms with Gasteiger partial charge in [-0.1, -0.05) is 11.6 Å². The van der Waals surface area contributed by atoms with Crippen molar-refractivity contribution in [2.24, 2.45) is 0 Å². The summed E-state index contributed by atoms with van der Waals surface area (Å²) in [6.45, 7) is 0.351. The quantitative estimate of drug-likeness (QED) is 0.758. The van der Waals surface area contributed by atoms with E-state index in [-0.39, 0.29) is 6.61 Å². The lowest BCUT2D eigenvalue weighted by Crippen LogP contribution is -2.13. The molecular weight excluding hydrogens is 234 g/mol. The van der Waals surface area contributed by atoms with Gasteiger partial charge in [0.1, 0.15) is 12.4 Å². The zero-order chi connectivity index (χ0) is 12.4. The molecule has 1 aromatic carbocycles. The topological polar surface area (TPSA) is 78.8 Å². The highest BCUT2D eigenvalue weighted by atomic mass is 35.5. The summed E-state index contributed by atoms with van der Waals surface area (Å²) in [5, 5.41) is 18.7. The molecule has 6 heteroatoms. The molecule has 0 bridgehead atoms. The first-order valence-electron chi connectivity index (χ1n) is 4.50. The maximum absolute atomic E-state index is 9.26. The summed E-state index contributed by atoms with van der Waals surface area (Å²) in [6.07, 6.45) is -0.995. The van der Waals surface area contributed by atoms with Gasteiger partial charge in [-0.2, -0.15) is 0 Å². The number of hydrogen-bond acceptors (Lipinski definition) is 3. The van der Waals surface area contributed by atoms with Crippen molar-refractivity contribution in [2.75, 3.05) is 20.3 Å². The van der Waals surface area contributed by atoms with Gasteiger partial charge in [0, 0.05) is 12.1 Å². The molecule has 0 heterocycles. The van der Waals surface area contributed by atoms with Crippen molar-refractivity contribution >= 4 is 17.7 Å². The normalized spacial score (nSPS) is 8.69. The number of rotatable bonds is 3. The van der Waals surface area contributed by atoms with E-state index in [0.717, 1.165) is 5.75 Å². The fourth-order valence-electron chi connectivity index (χ4n) is 0.694. The predicted octanol–water partition coefficient (Wildman–Crippen LogP) is 1.59. The number of amides is 1. The maximum Gasteiger partial charge on any atom is 0.404 e. The number of aliphatic hydroxyl groups excluding tert-OH is 1. The minimum atomic E-state index is -0.995. The molecule has 0 aliphatic rings. The van der Waals surface area contributed by atoms with Crippen molar-refractivity contribution in [3.8, 4) is 5.75 Å². The van der Waals surface area contributed by atoms with Crippen LogP contribution in [0, 0.1) is 0 Å². The van der Waals surface area contributed by atoms with Gasteiger partial charge in [-0.15, -0.1) is 0 Å². The van der Waals surface area contributed by atoms with Crippen LogP contribution in [0.15, 0.2) is 24.3 Å². The average molecular weight is 248 g/mol. The number of aliphatic hydroxyl groups is 1. The lowest BCUT2D eigenvalue weighted by molar-refractivity contribution is 0.197. The standard InChI is InChI=1S/C8H9ClO2.C2H5NO2/c9-7-1-3-8(4-2-7)11-6-5-10;1-3-2(4)5/h1-4,10H,5-6H2;3H,1H3,(H,4,5). The summed E-state index contributed by atoms with van der Waals surface area (Å²) in [5.41, 5.74) is 0. The van der Waals surface area contributed by atoms with E-state index in [0.29, 0.717) is 11.6 Å². The first kappa shape index (κ1) is 14.5. The Morgan fingerprint density at radius 2 is 1.94 bits per heavy atom. The van der Waals surface area contributed by atoms with Gasteiger partial charge >= 0.3 is 6.09 Å². The number of hydrogen-bond donors (Lipinski definition) is 3. The monoisotopic (exact) mass is 247 g/mol. The van der Waals surface area contributed by atoms with Crippen LogP contribution < -0.4 is 10.1 Å². The lowest BCUT2D eigenvalue weighted by atomic mass is 10.3. The number of ether oxygens (including phenoxy) is 1. The number of carbonyl (C=O) groups is 1. The van der Waals surface area contributed by atoms with E-state index in [1.807, 2.05) is 5.32 Å². The van der Waals surface area contributed by atoms with Crippen LogP contribution in [0.4, 0.5) is 4.79 Å². The minimum absolute atomic E-state index is 0.0304. The molecule has 16 heavy (non-hydrogen) atoms. The van der Waals surface area contributed by atoms with Crippen LogP contribution >= 0.6 is 11.6 Å². The first-order chi connectivity index (χ1) is 7.60. The molecule has 0 spiro atoms. The zero-order valence-corrected chi connectivity index (χ0v) is 9.57. The molecule has 0 saturated heterocycles. The van der Waals surface area contributed by atoms with Crippen LogP contribution in [0.5, 0.6) is 5.75 Å². The third-order valence-corrected chi connectivity index (χ3v) is 1.64. The molecule has 3 N–H and O–H groups in total. The van der Waals surface area contributed by atoms with E-state index in [9.17, 15) is 4.79 Å². The number of benzene rings is 1. The molecule has 0 atom stereocenters. The van der Waals surface area contributed by atoms with Crippen LogP contribution in [-0.4, -0.2) is 36.6 Å². The molecule has 0 aliphatic heterocycles. The van der Waals surface area contributed by atoms with Gasteiger partial charge in [-0.3, -0.25) is 0 Å². The van der Waals surface area contributed by atoms with Crippen LogP contribution in [0.2, 0.25) is 5.02 Å². The summed E-state index contributed by atoms with van der Waals surface area (Å²) in [6, 6.07) is 7.01. The van der Waals surface area contributed by atoms with E-state index >= 15 is 0 Å². The van der Waals surface area contributed by atoms with Crippen LogP contribution in [0.1, 0.15) is 0 Å². The third kappa shape index (κ3) is 7.90. The molecule has 1 aromatic rings. The van der Waals surface area contributed by atoms with Crippen molar-refractivity contribution < 1.29 is 19.7 Å². The van der Waals surface area contributed by atoms with Crippen LogP contribution in [-0.2, 0) is 0 Å². The smallest absolute Gasteiger partial charge is 0.404 e. The molecule has 90 valence electrons. The van der Waals surface area contributed by atoms with Crippen molar-refractivity contribution in [1.29, 1.82) is 0 Å². The minimum Gasteiger partial charge on any atom is -0.491 e. The Hall–Kier alpha value is -1.46. The SMILES string of the molecule is CNC(=O)O.OCCOc1ccc(Cl)cc1. The van der Waals surface area contributed by atoms with E-state index in [1.54, 1.807) is 24.3 Å². The molecule has 1 amide bonds. The van der Waals surface area contributed by atoms with Gasteiger partial charge < -0.3 is 20.3 Å². The Bertz CT molecular complexity index is 302. The van der Waals surface area contributed by atoms with E-state index in [4.69, 9.17) is 26.6 Å². The van der Waals surface area contributed by atoms with Gasteiger partial charge in [0.05, 0.1) is 6.61 Å². The van der Waals surface area contributed by atoms with Crippen molar-refractivity contribution in [2.45, 2.75) is 0 Å². The highest BCUT2D eigenvalue weighted by Gasteiger charge is 1.91. The molecule has 0 fully saturated rings. The second-order valence-electron chi connectivity index (χ2n) is 2.58. The molecule has 0 aromatic heterocycles. The maximum atomic E-state index is 9.26. The van der Waals surface area contributed by atoms with Crippen molar-refractivity contribution in [3.05, 3.63) is 29.3 Å². The molecule has 0 unspecified atom stereocenters. The van der Waals surface area contributed by atoms with Gasteiger partial charge in [0.25, 0.3) is 0 Å². The fraction of sp³-hybridized carbons (Fsp3) is 0.300. The Kier molecular flexibility index (Phi) is 8.01. The highest BCUT2D eigenvalue weighted by molar-refractivity contribution is 6.30. The number of carboxylic acid groups (broad SMARTS) is 1.